The molecular weight excluding hydrogens is 262 g/mol. The van der Waals surface area contributed by atoms with Crippen molar-refractivity contribution in [1.29, 1.82) is 0 Å². The van der Waals surface area contributed by atoms with Crippen molar-refractivity contribution < 1.29 is 5.11 Å². The maximum atomic E-state index is 9.47. The second-order valence-electron chi connectivity index (χ2n) is 6.58. The van der Waals surface area contributed by atoms with Gasteiger partial charge in [0, 0.05) is 31.0 Å². The van der Waals surface area contributed by atoms with Gasteiger partial charge in [0.25, 0.3) is 0 Å². The number of hydrogen-bond donors (Lipinski definition) is 2. The first-order valence-corrected chi connectivity index (χ1v) is 8.15. The molecule has 0 aliphatic carbocycles. The summed E-state index contributed by atoms with van der Waals surface area (Å²) in [6.07, 6.45) is 7.11. The van der Waals surface area contributed by atoms with Crippen LogP contribution in [0.3, 0.4) is 0 Å². The van der Waals surface area contributed by atoms with Crippen molar-refractivity contribution >= 4 is 0 Å². The Morgan fingerprint density at radius 1 is 1.29 bits per heavy atom. The van der Waals surface area contributed by atoms with Crippen LogP contribution in [-0.2, 0) is 6.54 Å². The molecule has 2 heterocycles. The van der Waals surface area contributed by atoms with E-state index in [-0.39, 0.29) is 12.6 Å². The second-order valence-corrected chi connectivity index (χ2v) is 6.58. The fourth-order valence-electron chi connectivity index (χ4n) is 3.10. The average Bonchev–Trinajstić information content (AvgIpc) is 2.49. The topological polar surface area (TPSA) is 48.4 Å². The lowest BCUT2D eigenvalue weighted by Crippen LogP contribution is -2.47. The van der Waals surface area contributed by atoms with Crippen LogP contribution in [-0.4, -0.2) is 46.8 Å². The molecule has 4 nitrogen and oxygen atoms in total. The van der Waals surface area contributed by atoms with Crippen molar-refractivity contribution in [3.8, 4) is 0 Å². The van der Waals surface area contributed by atoms with E-state index in [0.717, 1.165) is 26.1 Å². The average molecular weight is 291 g/mol. The molecule has 1 aliphatic rings. The SMILES string of the molecule is CC(C)CC(CO)NC1CCN(Cc2ccncc2)CC1. The quantitative estimate of drug-likeness (QED) is 0.807. The van der Waals surface area contributed by atoms with Crippen molar-refractivity contribution in [3.63, 3.8) is 0 Å². The van der Waals surface area contributed by atoms with Crippen LogP contribution in [0, 0.1) is 5.92 Å². The molecule has 0 aromatic carbocycles. The number of rotatable bonds is 7. The lowest BCUT2D eigenvalue weighted by Gasteiger charge is -2.34. The summed E-state index contributed by atoms with van der Waals surface area (Å²) < 4.78 is 0. The minimum absolute atomic E-state index is 0.245. The van der Waals surface area contributed by atoms with Gasteiger partial charge in [-0.1, -0.05) is 13.8 Å². The molecule has 1 aromatic heterocycles. The van der Waals surface area contributed by atoms with E-state index in [1.165, 1.54) is 18.4 Å². The molecule has 1 aliphatic heterocycles. The molecule has 0 radical (unpaired) electrons. The van der Waals surface area contributed by atoms with E-state index in [1.54, 1.807) is 0 Å². The predicted octanol–water partition coefficient (Wildman–Crippen LogP) is 2.04. The molecule has 1 atom stereocenters. The number of nitrogens with one attached hydrogen (secondary N) is 1. The van der Waals surface area contributed by atoms with Crippen LogP contribution in [0.4, 0.5) is 0 Å². The highest BCUT2D eigenvalue weighted by molar-refractivity contribution is 5.09. The highest BCUT2D eigenvalue weighted by Crippen LogP contribution is 2.15. The summed E-state index contributed by atoms with van der Waals surface area (Å²) in [5.41, 5.74) is 1.34. The summed E-state index contributed by atoms with van der Waals surface area (Å²) in [6.45, 7) is 7.93. The van der Waals surface area contributed by atoms with Crippen molar-refractivity contribution in [1.82, 2.24) is 15.2 Å². The van der Waals surface area contributed by atoms with Gasteiger partial charge in [-0.15, -0.1) is 0 Å². The van der Waals surface area contributed by atoms with Crippen LogP contribution in [0.15, 0.2) is 24.5 Å². The number of nitrogens with zero attached hydrogens (tertiary/aromatic N) is 2. The van der Waals surface area contributed by atoms with Crippen LogP contribution in [0.25, 0.3) is 0 Å². The van der Waals surface area contributed by atoms with Gasteiger partial charge >= 0.3 is 0 Å². The largest absolute Gasteiger partial charge is 0.395 e. The Hall–Kier alpha value is -0.970. The first-order chi connectivity index (χ1) is 10.2. The van der Waals surface area contributed by atoms with Crippen LogP contribution in [0.2, 0.25) is 0 Å². The lowest BCUT2D eigenvalue weighted by molar-refractivity contribution is 0.159. The Morgan fingerprint density at radius 2 is 1.95 bits per heavy atom. The number of hydrogen-bond acceptors (Lipinski definition) is 4. The number of piperidine rings is 1. The predicted molar refractivity (Wildman–Crippen MR) is 86.0 cm³/mol. The molecule has 118 valence electrons. The van der Waals surface area contributed by atoms with Crippen molar-refractivity contribution in [3.05, 3.63) is 30.1 Å². The summed E-state index contributed by atoms with van der Waals surface area (Å²) in [5, 5.41) is 13.1. The minimum atomic E-state index is 0.245. The molecule has 0 saturated carbocycles. The molecule has 21 heavy (non-hydrogen) atoms. The van der Waals surface area contributed by atoms with Gasteiger partial charge in [0.15, 0.2) is 0 Å². The van der Waals surface area contributed by atoms with E-state index in [0.29, 0.717) is 12.0 Å². The first kappa shape index (κ1) is 16.4. The van der Waals surface area contributed by atoms with E-state index in [2.05, 4.69) is 41.2 Å². The van der Waals surface area contributed by atoms with E-state index < -0.39 is 0 Å². The monoisotopic (exact) mass is 291 g/mol. The minimum Gasteiger partial charge on any atom is -0.395 e. The van der Waals surface area contributed by atoms with Crippen LogP contribution in [0.5, 0.6) is 0 Å². The normalized spacial score (nSPS) is 19.0. The van der Waals surface area contributed by atoms with E-state index in [9.17, 15) is 5.11 Å². The van der Waals surface area contributed by atoms with Crippen LogP contribution < -0.4 is 5.32 Å². The summed E-state index contributed by atoms with van der Waals surface area (Å²) in [6, 6.07) is 4.99. The molecule has 2 N–H and O–H groups in total. The zero-order valence-electron chi connectivity index (χ0n) is 13.3. The van der Waals surface area contributed by atoms with Crippen molar-refractivity contribution in [2.45, 2.75) is 51.7 Å². The fraction of sp³-hybridized carbons (Fsp3) is 0.706. The number of likely N-dealkylation sites (tertiary alicyclic amines) is 1. The highest BCUT2D eigenvalue weighted by Gasteiger charge is 2.21. The van der Waals surface area contributed by atoms with Crippen molar-refractivity contribution in [2.75, 3.05) is 19.7 Å². The molecule has 0 amide bonds. The highest BCUT2D eigenvalue weighted by atomic mass is 16.3. The smallest absolute Gasteiger partial charge is 0.0584 e. The molecule has 0 spiro atoms. The number of aromatic nitrogens is 1. The summed E-state index contributed by atoms with van der Waals surface area (Å²) in [7, 11) is 0. The summed E-state index contributed by atoms with van der Waals surface area (Å²) in [4.78, 5) is 6.57. The Bertz CT molecular complexity index is 388. The Balaban J connectivity index is 1.72. The summed E-state index contributed by atoms with van der Waals surface area (Å²) >= 11 is 0. The van der Waals surface area contributed by atoms with Gasteiger partial charge in [-0.05, 0) is 56.0 Å². The van der Waals surface area contributed by atoms with E-state index in [1.807, 2.05) is 12.4 Å². The van der Waals surface area contributed by atoms with Gasteiger partial charge in [-0.2, -0.15) is 0 Å². The third kappa shape index (κ3) is 5.73. The molecule has 1 fully saturated rings. The lowest BCUT2D eigenvalue weighted by atomic mass is 9.99. The standard InChI is InChI=1S/C17H29N3O/c1-14(2)11-17(13-21)19-16-5-9-20(10-6-16)12-15-3-7-18-8-4-15/h3-4,7-8,14,16-17,19,21H,5-6,9-13H2,1-2H3. The maximum Gasteiger partial charge on any atom is 0.0584 e. The number of aliphatic hydroxyl groups is 1. The zero-order valence-corrected chi connectivity index (χ0v) is 13.3. The fourth-order valence-corrected chi connectivity index (χ4v) is 3.10. The maximum absolute atomic E-state index is 9.47. The second kappa shape index (κ2) is 8.47. The molecular formula is C17H29N3O. The van der Waals surface area contributed by atoms with Crippen LogP contribution in [0.1, 0.15) is 38.7 Å². The van der Waals surface area contributed by atoms with Gasteiger partial charge < -0.3 is 10.4 Å². The van der Waals surface area contributed by atoms with E-state index in [4.69, 9.17) is 0 Å². The number of pyridine rings is 1. The van der Waals surface area contributed by atoms with Gasteiger partial charge in [-0.25, -0.2) is 0 Å². The van der Waals surface area contributed by atoms with Gasteiger partial charge in [0.2, 0.25) is 0 Å². The molecule has 0 bridgehead atoms. The van der Waals surface area contributed by atoms with Gasteiger partial charge in [0.05, 0.1) is 6.61 Å². The Labute approximate surface area is 128 Å². The first-order valence-electron chi connectivity index (χ1n) is 8.15. The number of aliphatic hydroxyl groups excluding tert-OH is 1. The third-order valence-corrected chi connectivity index (χ3v) is 4.19. The molecule has 1 unspecified atom stereocenters. The molecule has 2 rings (SSSR count). The van der Waals surface area contributed by atoms with Crippen molar-refractivity contribution in [2.24, 2.45) is 5.92 Å². The molecule has 4 heteroatoms. The Kier molecular flexibility index (Phi) is 6.61. The Morgan fingerprint density at radius 3 is 2.52 bits per heavy atom. The van der Waals surface area contributed by atoms with Gasteiger partial charge in [0.1, 0.15) is 0 Å². The molecule has 1 saturated heterocycles. The molecule has 1 aromatic rings. The zero-order chi connectivity index (χ0) is 15.1. The van der Waals surface area contributed by atoms with Gasteiger partial charge in [-0.3, -0.25) is 9.88 Å². The summed E-state index contributed by atoms with van der Waals surface area (Å²) in [5.74, 6) is 0.626. The van der Waals surface area contributed by atoms with Crippen LogP contribution >= 0.6 is 0 Å². The third-order valence-electron chi connectivity index (χ3n) is 4.19. The van der Waals surface area contributed by atoms with E-state index >= 15 is 0 Å².